The molecule has 0 saturated heterocycles. The Bertz CT molecular complexity index is 2400. The van der Waals surface area contributed by atoms with Crippen molar-refractivity contribution in [1.82, 2.24) is 0 Å². The maximum absolute atomic E-state index is 16.6. The van der Waals surface area contributed by atoms with Crippen LogP contribution in [0.5, 0.6) is 0 Å². The standard InChI is InChI=1S/C48H50O12P2/c49-43-44(50)46(52,32-38-21-9-2-10-22-38)48(54,62(56,59-35-41-27-15-5-16-28-41)60-36-42-29-17-6-18-30-42)47(53,45(43,51)31-37-19-7-1-8-20-37)61(55,57-33-39-23-11-3-12-24-39)58-34-40-25-13-4-14-26-40/h1-30,43-44,49-54H,31-36H2/t43-,44+,45-,46-,47-,48-/m1/s1/i43D. The van der Waals surface area contributed by atoms with Crippen LogP contribution in [0.25, 0.3) is 0 Å². The quantitative estimate of drug-likeness (QED) is 0.0473. The molecule has 0 bridgehead atoms. The van der Waals surface area contributed by atoms with E-state index < -0.39 is 88.5 Å². The van der Waals surface area contributed by atoms with Gasteiger partial charge in [0.2, 0.25) is 10.7 Å². The molecule has 6 aromatic rings. The van der Waals surface area contributed by atoms with E-state index in [1.54, 1.807) is 146 Å². The highest BCUT2D eigenvalue weighted by Crippen LogP contribution is 2.81. The highest BCUT2D eigenvalue weighted by Gasteiger charge is 2.91. The van der Waals surface area contributed by atoms with Crippen molar-refractivity contribution in [2.75, 3.05) is 0 Å². The van der Waals surface area contributed by atoms with Crippen molar-refractivity contribution < 1.29 is 59.2 Å². The van der Waals surface area contributed by atoms with E-state index >= 15 is 9.13 Å². The summed E-state index contributed by atoms with van der Waals surface area (Å²) in [4.78, 5) is 0. The van der Waals surface area contributed by atoms with Crippen molar-refractivity contribution in [3.63, 3.8) is 0 Å². The van der Waals surface area contributed by atoms with Gasteiger partial charge in [0.25, 0.3) is 0 Å². The van der Waals surface area contributed by atoms with Crippen LogP contribution in [0.15, 0.2) is 182 Å². The largest absolute Gasteiger partial charge is 0.387 e. The van der Waals surface area contributed by atoms with Gasteiger partial charge in [0.1, 0.15) is 23.4 Å². The molecule has 7 rings (SSSR count). The zero-order chi connectivity index (χ0) is 44.8. The number of benzene rings is 6. The highest BCUT2D eigenvalue weighted by atomic mass is 31.2. The van der Waals surface area contributed by atoms with Crippen molar-refractivity contribution in [3.05, 3.63) is 215 Å². The van der Waals surface area contributed by atoms with Gasteiger partial charge < -0.3 is 48.7 Å². The monoisotopic (exact) mass is 881 g/mol. The predicted octanol–water partition coefficient (Wildman–Crippen LogP) is 7.30. The average molecular weight is 882 g/mol. The van der Waals surface area contributed by atoms with Crippen molar-refractivity contribution >= 4 is 15.2 Å². The maximum Gasteiger partial charge on any atom is 0.369 e. The summed E-state index contributed by atoms with van der Waals surface area (Å²) in [6.45, 7) is -2.62. The molecule has 0 unspecified atom stereocenters. The van der Waals surface area contributed by atoms with Gasteiger partial charge >= 0.3 is 15.2 Å². The minimum absolute atomic E-state index is 0.0649. The minimum Gasteiger partial charge on any atom is -0.387 e. The second kappa shape index (κ2) is 19.0. The van der Waals surface area contributed by atoms with E-state index in [0.29, 0.717) is 22.3 Å². The van der Waals surface area contributed by atoms with Crippen molar-refractivity contribution in [1.29, 1.82) is 0 Å². The fraction of sp³-hybridized carbons (Fsp3) is 0.250. The van der Waals surface area contributed by atoms with E-state index in [-0.39, 0.29) is 11.1 Å². The molecule has 6 N–H and O–H groups in total. The van der Waals surface area contributed by atoms with Gasteiger partial charge in [0, 0.05) is 12.8 Å². The number of aliphatic hydroxyl groups is 6. The van der Waals surface area contributed by atoms with E-state index in [1.165, 1.54) is 36.4 Å². The van der Waals surface area contributed by atoms with Crippen molar-refractivity contribution in [2.24, 2.45) is 0 Å². The minimum atomic E-state index is -6.02. The van der Waals surface area contributed by atoms with Gasteiger partial charge in [-0.1, -0.05) is 182 Å². The Hall–Kier alpha value is -4.62. The lowest BCUT2D eigenvalue weighted by Crippen LogP contribution is -2.87. The Morgan fingerprint density at radius 3 is 0.903 bits per heavy atom. The molecule has 0 aromatic heterocycles. The summed E-state index contributed by atoms with van der Waals surface area (Å²) in [5, 5.41) is 71.6. The van der Waals surface area contributed by atoms with Gasteiger partial charge in [0.15, 0.2) is 0 Å². The molecule has 0 aliphatic heterocycles. The smallest absolute Gasteiger partial charge is 0.369 e. The molecule has 62 heavy (non-hydrogen) atoms. The SMILES string of the molecule is [2H][C@@]1(O)[C@H](O)[C@](O)(Cc2ccccc2)[C@@](O)(P(=O)(OCc2ccccc2)OCc2ccccc2)[C@](O)(P(=O)(OCc2ccccc2)OCc2ccccc2)[C@@]1(O)Cc1ccccc1. The molecule has 6 atom stereocenters. The topological polar surface area (TPSA) is 192 Å². The summed E-state index contributed by atoms with van der Waals surface area (Å²) in [6.07, 6.45) is -9.05. The van der Waals surface area contributed by atoms with Crippen molar-refractivity contribution in [2.45, 2.75) is 73.3 Å². The number of hydrogen-bond donors (Lipinski definition) is 6. The summed E-state index contributed by atoms with van der Waals surface area (Å²) in [6, 6.07) is 47.9. The molecule has 6 aromatic carbocycles. The first kappa shape index (κ1) is 44.0. The van der Waals surface area contributed by atoms with Crippen LogP contribution in [0.1, 0.15) is 34.8 Å². The van der Waals surface area contributed by atoms with E-state index in [2.05, 4.69) is 0 Å². The summed E-state index contributed by atoms with van der Waals surface area (Å²) in [5.74, 6) is 0. The molecule has 1 saturated carbocycles. The van der Waals surface area contributed by atoms with Crippen LogP contribution in [0.4, 0.5) is 0 Å². The molecule has 1 fully saturated rings. The molecular weight excluding hydrogens is 830 g/mol. The summed E-state index contributed by atoms with van der Waals surface area (Å²) in [7, 11) is -12.0. The van der Waals surface area contributed by atoms with Crippen molar-refractivity contribution in [3.8, 4) is 0 Å². The van der Waals surface area contributed by atoms with Crippen LogP contribution in [0, 0.1) is 0 Å². The first-order valence-electron chi connectivity index (χ1n) is 20.4. The molecule has 0 amide bonds. The van der Waals surface area contributed by atoms with Crippen LogP contribution >= 0.6 is 15.2 Å². The van der Waals surface area contributed by atoms with E-state index in [0.717, 1.165) is 0 Å². The van der Waals surface area contributed by atoms with E-state index in [4.69, 9.17) is 18.1 Å². The molecule has 0 radical (unpaired) electrons. The van der Waals surface area contributed by atoms with Gasteiger partial charge in [-0.2, -0.15) is 0 Å². The van der Waals surface area contributed by atoms with Crippen LogP contribution in [0.3, 0.4) is 0 Å². The highest BCUT2D eigenvalue weighted by molar-refractivity contribution is 7.60. The lowest BCUT2D eigenvalue weighted by molar-refractivity contribution is -0.339. The summed E-state index contributed by atoms with van der Waals surface area (Å²) < 4.78 is 67.3. The Morgan fingerprint density at radius 2 is 0.629 bits per heavy atom. The van der Waals surface area contributed by atoms with E-state index in [1.807, 2.05) is 0 Å². The normalized spacial score (nSPS) is 26.7. The molecular formula is C48H50O12P2. The first-order chi connectivity index (χ1) is 30.1. The molecule has 1 aliphatic rings. The van der Waals surface area contributed by atoms with Crippen LogP contribution in [0.2, 0.25) is 0 Å². The van der Waals surface area contributed by atoms with Crippen LogP contribution in [-0.4, -0.2) is 64.7 Å². The Kier molecular flexibility index (Phi) is 13.5. The van der Waals surface area contributed by atoms with Crippen LogP contribution in [-0.2, 0) is 66.5 Å². The Labute approximate surface area is 362 Å². The third-order valence-corrected chi connectivity index (χ3v) is 16.2. The van der Waals surface area contributed by atoms with Gasteiger partial charge in [-0.15, -0.1) is 0 Å². The second-order valence-corrected chi connectivity index (χ2v) is 19.6. The van der Waals surface area contributed by atoms with Gasteiger partial charge in [0.05, 0.1) is 27.8 Å². The lowest BCUT2D eigenvalue weighted by atomic mass is 9.63. The predicted molar refractivity (Wildman–Crippen MR) is 232 cm³/mol. The van der Waals surface area contributed by atoms with Gasteiger partial charge in [-0.05, 0) is 33.4 Å². The van der Waals surface area contributed by atoms with Gasteiger partial charge in [-0.25, -0.2) is 0 Å². The average Bonchev–Trinajstić information content (AvgIpc) is 3.32. The molecule has 1 aliphatic carbocycles. The number of rotatable bonds is 18. The Balaban J connectivity index is 1.57. The number of aliphatic hydroxyl groups excluding tert-OH is 1. The molecule has 0 spiro atoms. The Morgan fingerprint density at radius 1 is 0.403 bits per heavy atom. The molecule has 12 nitrogen and oxygen atoms in total. The van der Waals surface area contributed by atoms with E-state index in [9.17, 15) is 32.0 Å². The summed E-state index contributed by atoms with van der Waals surface area (Å²) in [5.41, 5.74) is -5.94. The molecule has 324 valence electrons. The van der Waals surface area contributed by atoms with Crippen LogP contribution < -0.4 is 0 Å². The number of hydrogen-bond acceptors (Lipinski definition) is 12. The fourth-order valence-corrected chi connectivity index (χ4v) is 13.2. The summed E-state index contributed by atoms with van der Waals surface area (Å²) >= 11 is 0. The second-order valence-electron chi connectivity index (χ2n) is 15.3. The zero-order valence-electron chi connectivity index (χ0n) is 34.7. The maximum atomic E-state index is 16.6. The van der Waals surface area contributed by atoms with Gasteiger partial charge in [-0.3, -0.25) is 9.13 Å². The zero-order valence-corrected chi connectivity index (χ0v) is 35.5. The third-order valence-electron chi connectivity index (χ3n) is 11.2. The fourth-order valence-electron chi connectivity index (χ4n) is 7.87. The molecule has 0 heterocycles. The first-order valence-corrected chi connectivity index (χ1v) is 23.0. The third kappa shape index (κ3) is 8.55. The molecule has 14 heteroatoms. The lowest BCUT2D eigenvalue weighted by Gasteiger charge is -2.65.